The first-order chi connectivity index (χ1) is 15.1. The Labute approximate surface area is 186 Å². The van der Waals surface area contributed by atoms with Crippen molar-refractivity contribution in [2.75, 3.05) is 31.3 Å². The number of nitrogens with zero attached hydrogens (tertiary/aromatic N) is 1. The SMILES string of the molecule is CSc1ccccc1[C@H]1CCCN1C(=O)C(=O)NCCc1ccc2c(c1)OC[C@@H](O)N2. The highest BCUT2D eigenvalue weighted by atomic mass is 32.2. The first-order valence-corrected chi connectivity index (χ1v) is 11.7. The lowest BCUT2D eigenvalue weighted by atomic mass is 10.0. The van der Waals surface area contributed by atoms with Crippen molar-refractivity contribution in [1.29, 1.82) is 0 Å². The summed E-state index contributed by atoms with van der Waals surface area (Å²) in [6.45, 7) is 1.15. The van der Waals surface area contributed by atoms with Crippen LogP contribution in [0.1, 0.15) is 30.0 Å². The maximum absolute atomic E-state index is 12.8. The van der Waals surface area contributed by atoms with Crippen molar-refractivity contribution in [3.8, 4) is 5.75 Å². The molecule has 1 saturated heterocycles. The van der Waals surface area contributed by atoms with Gasteiger partial charge in [0, 0.05) is 18.0 Å². The van der Waals surface area contributed by atoms with Gasteiger partial charge in [0.1, 0.15) is 12.4 Å². The molecule has 2 aromatic carbocycles. The lowest BCUT2D eigenvalue weighted by molar-refractivity contribution is -0.146. The lowest BCUT2D eigenvalue weighted by Crippen LogP contribution is -2.43. The number of hydrogen-bond acceptors (Lipinski definition) is 6. The van der Waals surface area contributed by atoms with E-state index in [1.165, 1.54) is 0 Å². The molecule has 3 N–H and O–H groups in total. The molecule has 4 rings (SSSR count). The second kappa shape index (κ2) is 9.62. The molecule has 0 saturated carbocycles. The lowest BCUT2D eigenvalue weighted by Gasteiger charge is -2.26. The van der Waals surface area contributed by atoms with Gasteiger partial charge in [0.05, 0.1) is 11.7 Å². The van der Waals surface area contributed by atoms with E-state index in [1.807, 2.05) is 42.7 Å². The van der Waals surface area contributed by atoms with Gasteiger partial charge in [0.25, 0.3) is 0 Å². The molecule has 0 radical (unpaired) electrons. The molecule has 2 aromatic rings. The molecule has 7 nitrogen and oxygen atoms in total. The Morgan fingerprint density at radius 1 is 1.29 bits per heavy atom. The third-order valence-electron chi connectivity index (χ3n) is 5.67. The molecule has 2 heterocycles. The Kier molecular flexibility index (Phi) is 6.67. The number of thioether (sulfide) groups is 1. The van der Waals surface area contributed by atoms with Gasteiger partial charge >= 0.3 is 11.8 Å². The highest BCUT2D eigenvalue weighted by molar-refractivity contribution is 7.98. The first kappa shape index (κ1) is 21.5. The zero-order valence-electron chi connectivity index (χ0n) is 17.5. The fourth-order valence-electron chi connectivity index (χ4n) is 4.15. The first-order valence-electron chi connectivity index (χ1n) is 10.5. The van der Waals surface area contributed by atoms with Crippen LogP contribution in [-0.2, 0) is 16.0 Å². The quantitative estimate of drug-likeness (QED) is 0.488. The average Bonchev–Trinajstić information content (AvgIpc) is 3.28. The van der Waals surface area contributed by atoms with E-state index in [1.54, 1.807) is 16.7 Å². The fourth-order valence-corrected chi connectivity index (χ4v) is 4.81. The maximum atomic E-state index is 12.8. The van der Waals surface area contributed by atoms with Crippen molar-refractivity contribution in [1.82, 2.24) is 10.2 Å². The van der Waals surface area contributed by atoms with E-state index in [9.17, 15) is 14.7 Å². The number of fused-ring (bicyclic) bond motifs is 1. The van der Waals surface area contributed by atoms with Gasteiger partial charge in [-0.3, -0.25) is 9.59 Å². The number of aliphatic hydroxyl groups excluding tert-OH is 1. The van der Waals surface area contributed by atoms with Crippen LogP contribution in [0.4, 0.5) is 5.69 Å². The van der Waals surface area contributed by atoms with Gasteiger partial charge in [0.2, 0.25) is 0 Å². The largest absolute Gasteiger partial charge is 0.487 e. The van der Waals surface area contributed by atoms with E-state index in [4.69, 9.17) is 4.74 Å². The van der Waals surface area contributed by atoms with Gasteiger partial charge < -0.3 is 25.4 Å². The molecule has 2 aliphatic rings. The number of benzene rings is 2. The molecule has 8 heteroatoms. The predicted molar refractivity (Wildman–Crippen MR) is 120 cm³/mol. The minimum Gasteiger partial charge on any atom is -0.487 e. The minimum absolute atomic E-state index is 0.0532. The standard InChI is InChI=1S/C23H27N3O4S/c1-31-20-7-3-2-5-16(20)18-6-4-12-26(18)23(29)22(28)24-11-10-15-8-9-17-19(13-15)30-14-21(27)25-17/h2-3,5,7-9,13,18,21,25,27H,4,6,10-12,14H2,1H3,(H,24,28)/t18-,21-/m1/s1. The Bertz CT molecular complexity index is 968. The third-order valence-corrected chi connectivity index (χ3v) is 6.48. The molecule has 164 valence electrons. The number of likely N-dealkylation sites (tertiary alicyclic amines) is 1. The number of ether oxygens (including phenoxy) is 1. The molecule has 2 amide bonds. The van der Waals surface area contributed by atoms with Gasteiger partial charge in [0.15, 0.2) is 6.23 Å². The maximum Gasteiger partial charge on any atom is 0.312 e. The molecule has 31 heavy (non-hydrogen) atoms. The van der Waals surface area contributed by atoms with Gasteiger partial charge in [-0.15, -0.1) is 11.8 Å². The van der Waals surface area contributed by atoms with Crippen molar-refractivity contribution in [2.24, 2.45) is 0 Å². The molecule has 0 aliphatic carbocycles. The summed E-state index contributed by atoms with van der Waals surface area (Å²) in [7, 11) is 0. The van der Waals surface area contributed by atoms with Crippen molar-refractivity contribution in [2.45, 2.75) is 36.4 Å². The summed E-state index contributed by atoms with van der Waals surface area (Å²) in [5.74, 6) is -0.351. The number of aliphatic hydroxyl groups is 1. The van der Waals surface area contributed by atoms with E-state index in [-0.39, 0.29) is 12.6 Å². The van der Waals surface area contributed by atoms with Crippen LogP contribution in [0.2, 0.25) is 0 Å². The van der Waals surface area contributed by atoms with Crippen LogP contribution < -0.4 is 15.4 Å². The number of anilines is 1. The Balaban J connectivity index is 1.34. The van der Waals surface area contributed by atoms with Gasteiger partial charge in [-0.2, -0.15) is 0 Å². The average molecular weight is 442 g/mol. The van der Waals surface area contributed by atoms with Crippen LogP contribution in [0.15, 0.2) is 47.4 Å². The molecule has 0 unspecified atom stereocenters. The highest BCUT2D eigenvalue weighted by Crippen LogP contribution is 2.36. The topological polar surface area (TPSA) is 90.9 Å². The molecule has 0 aromatic heterocycles. The monoisotopic (exact) mass is 441 g/mol. The van der Waals surface area contributed by atoms with Crippen LogP contribution in [0, 0.1) is 0 Å². The van der Waals surface area contributed by atoms with Crippen LogP contribution in [-0.4, -0.2) is 54.0 Å². The summed E-state index contributed by atoms with van der Waals surface area (Å²) < 4.78 is 5.52. The summed E-state index contributed by atoms with van der Waals surface area (Å²) in [5, 5.41) is 15.3. The number of carbonyl (C=O) groups is 2. The smallest absolute Gasteiger partial charge is 0.312 e. The third kappa shape index (κ3) is 4.80. The van der Waals surface area contributed by atoms with Crippen LogP contribution in [0.3, 0.4) is 0 Å². The zero-order valence-corrected chi connectivity index (χ0v) is 18.3. The van der Waals surface area contributed by atoms with E-state index in [2.05, 4.69) is 16.7 Å². The second-order valence-electron chi connectivity index (χ2n) is 7.71. The summed E-state index contributed by atoms with van der Waals surface area (Å²) in [5.41, 5.74) is 2.84. The normalized spacial score (nSPS) is 19.9. The highest BCUT2D eigenvalue weighted by Gasteiger charge is 2.34. The minimum atomic E-state index is -0.707. The Hall–Kier alpha value is -2.71. The summed E-state index contributed by atoms with van der Waals surface area (Å²) in [6, 6.07) is 13.7. The number of hydrogen-bond donors (Lipinski definition) is 3. The number of nitrogens with one attached hydrogen (secondary N) is 2. The molecule has 2 aliphatic heterocycles. The predicted octanol–water partition coefficient (Wildman–Crippen LogP) is 2.55. The molecule has 2 atom stereocenters. The Morgan fingerprint density at radius 3 is 2.97 bits per heavy atom. The fraction of sp³-hybridized carbons (Fsp3) is 0.391. The number of amides is 2. The van der Waals surface area contributed by atoms with Crippen LogP contribution >= 0.6 is 11.8 Å². The molecule has 0 spiro atoms. The summed E-state index contributed by atoms with van der Waals surface area (Å²) in [4.78, 5) is 28.2. The van der Waals surface area contributed by atoms with E-state index < -0.39 is 18.0 Å². The van der Waals surface area contributed by atoms with Crippen LogP contribution in [0.25, 0.3) is 0 Å². The van der Waals surface area contributed by atoms with Crippen LogP contribution in [0.5, 0.6) is 5.75 Å². The van der Waals surface area contributed by atoms with Gasteiger partial charge in [-0.05, 0) is 54.8 Å². The molecular formula is C23H27N3O4S. The molecular weight excluding hydrogens is 414 g/mol. The van der Waals surface area contributed by atoms with Gasteiger partial charge in [-0.25, -0.2) is 0 Å². The summed E-state index contributed by atoms with van der Waals surface area (Å²) in [6.07, 6.45) is 3.66. The zero-order chi connectivity index (χ0) is 21.8. The van der Waals surface area contributed by atoms with E-state index in [0.717, 1.165) is 34.6 Å². The number of carbonyl (C=O) groups excluding carboxylic acids is 2. The Morgan fingerprint density at radius 2 is 2.13 bits per heavy atom. The molecule has 1 fully saturated rings. The number of rotatable bonds is 5. The van der Waals surface area contributed by atoms with Crippen molar-refractivity contribution < 1.29 is 19.4 Å². The van der Waals surface area contributed by atoms with Crippen molar-refractivity contribution in [3.05, 3.63) is 53.6 Å². The summed E-state index contributed by atoms with van der Waals surface area (Å²) >= 11 is 1.66. The van der Waals surface area contributed by atoms with Crippen molar-refractivity contribution >= 4 is 29.3 Å². The van der Waals surface area contributed by atoms with E-state index in [0.29, 0.717) is 25.3 Å². The van der Waals surface area contributed by atoms with Crippen molar-refractivity contribution in [3.63, 3.8) is 0 Å². The molecule has 0 bridgehead atoms. The second-order valence-corrected chi connectivity index (χ2v) is 8.55. The van der Waals surface area contributed by atoms with E-state index >= 15 is 0 Å². The van der Waals surface area contributed by atoms with Gasteiger partial charge in [-0.1, -0.05) is 24.3 Å².